The molecule has 0 aromatic carbocycles. The Kier molecular flexibility index (Phi) is 32.9. The molecule has 0 fully saturated rings. The zero-order valence-electron chi connectivity index (χ0n) is 36.0. The average molecular weight is 763 g/mol. The molecule has 54 heavy (non-hydrogen) atoms. The zero-order chi connectivity index (χ0) is 39.5. The lowest BCUT2D eigenvalue weighted by Crippen LogP contribution is -2.31. The molecule has 9 nitrogen and oxygen atoms in total. The number of nitrogens with zero attached hydrogens (tertiary/aromatic N) is 4. The minimum Gasteiger partial charge on any atom is -0.462 e. The van der Waals surface area contributed by atoms with E-state index in [1.54, 1.807) is 0 Å². The molecule has 1 heterocycles. The molecule has 0 saturated heterocycles. The molecular formula is C45H86N4O5. The predicted molar refractivity (Wildman–Crippen MR) is 225 cm³/mol. The molecule has 0 radical (unpaired) electrons. The molecule has 0 aliphatic heterocycles. The Morgan fingerprint density at radius 2 is 1.04 bits per heavy atom. The third-order valence-electron chi connectivity index (χ3n) is 10.7. The second-order valence-corrected chi connectivity index (χ2v) is 15.9. The van der Waals surface area contributed by atoms with Crippen LogP contribution in [0.3, 0.4) is 0 Å². The number of ether oxygens (including phenoxy) is 2. The van der Waals surface area contributed by atoms with Crippen molar-refractivity contribution in [2.45, 2.75) is 220 Å². The number of aliphatic hydroxyl groups excluding tert-OH is 1. The first-order valence-electron chi connectivity index (χ1n) is 22.8. The predicted octanol–water partition coefficient (Wildman–Crippen LogP) is 10.7. The van der Waals surface area contributed by atoms with Crippen molar-refractivity contribution in [3.8, 4) is 0 Å². The molecule has 0 bridgehead atoms. The molecule has 0 amide bonds. The molecule has 0 spiro atoms. The maximum atomic E-state index is 13.3. The van der Waals surface area contributed by atoms with Gasteiger partial charge in [-0.05, 0) is 58.4 Å². The molecule has 1 aromatic heterocycles. The van der Waals surface area contributed by atoms with Gasteiger partial charge in [0.05, 0.1) is 32.2 Å². The number of likely N-dealkylation sites (N-methyl/N-ethyl adjacent to an activating group) is 1. The fourth-order valence-corrected chi connectivity index (χ4v) is 7.11. The second-order valence-electron chi connectivity index (χ2n) is 15.9. The Labute approximate surface area is 332 Å². The van der Waals surface area contributed by atoms with E-state index < -0.39 is 0 Å². The van der Waals surface area contributed by atoms with Crippen LogP contribution in [0.15, 0.2) is 12.4 Å². The van der Waals surface area contributed by atoms with Gasteiger partial charge in [0.15, 0.2) is 0 Å². The summed E-state index contributed by atoms with van der Waals surface area (Å²) >= 11 is 0. The van der Waals surface area contributed by atoms with Crippen molar-refractivity contribution in [1.29, 1.82) is 0 Å². The monoisotopic (exact) mass is 763 g/mol. The number of unbranched alkanes of at least 4 members (excludes halogenated alkanes) is 16. The van der Waals surface area contributed by atoms with Crippen LogP contribution in [0.25, 0.3) is 0 Å². The second kappa shape index (κ2) is 35.4. The van der Waals surface area contributed by atoms with E-state index in [0.29, 0.717) is 39.0 Å². The van der Waals surface area contributed by atoms with Crippen molar-refractivity contribution >= 4 is 11.9 Å². The Hall–Kier alpha value is -1.97. The van der Waals surface area contributed by atoms with Crippen LogP contribution in [0.1, 0.15) is 200 Å². The van der Waals surface area contributed by atoms with Crippen LogP contribution in [-0.2, 0) is 32.2 Å². The third-order valence-corrected chi connectivity index (χ3v) is 10.7. The fraction of sp³-hybridized carbons (Fsp3) is 0.889. The Bertz CT molecular complexity index is 954. The molecule has 0 saturated carbocycles. The number of rotatable bonds is 39. The van der Waals surface area contributed by atoms with Gasteiger partial charge in [0.2, 0.25) is 0 Å². The van der Waals surface area contributed by atoms with Crippen LogP contribution in [0.2, 0.25) is 0 Å². The van der Waals surface area contributed by atoms with Crippen LogP contribution < -0.4 is 0 Å². The summed E-state index contributed by atoms with van der Waals surface area (Å²) in [4.78, 5) is 30.9. The minimum atomic E-state index is -0.136. The van der Waals surface area contributed by atoms with E-state index in [4.69, 9.17) is 9.47 Å². The number of carbonyl (C=O) groups excluding carboxylic acids is 2. The highest BCUT2D eigenvalue weighted by molar-refractivity contribution is 5.70. The van der Waals surface area contributed by atoms with Crippen molar-refractivity contribution < 1.29 is 24.2 Å². The maximum absolute atomic E-state index is 13.3. The number of aliphatic hydroxyl groups is 1. The first kappa shape index (κ1) is 50.0. The zero-order valence-corrected chi connectivity index (χ0v) is 36.0. The molecule has 316 valence electrons. The molecule has 1 N–H and O–H groups in total. The van der Waals surface area contributed by atoms with Crippen LogP contribution in [0, 0.1) is 0 Å². The molecular weight excluding hydrogens is 677 g/mol. The number of esters is 2. The van der Waals surface area contributed by atoms with Crippen molar-refractivity contribution in [2.75, 3.05) is 39.8 Å². The van der Waals surface area contributed by atoms with Crippen LogP contribution in [0.5, 0.6) is 0 Å². The SMILES string of the molecule is CCCCCCCCC(CCCCCC)OC(=O)CCN(CCC(=O)OC(CCCCCC)CCCCCCCC)Cc1cnn(CCN(C)CCO)c1. The van der Waals surface area contributed by atoms with Crippen molar-refractivity contribution in [2.24, 2.45) is 0 Å². The van der Waals surface area contributed by atoms with E-state index >= 15 is 0 Å². The third kappa shape index (κ3) is 28.4. The number of hydrogen-bond acceptors (Lipinski definition) is 8. The van der Waals surface area contributed by atoms with E-state index in [0.717, 1.165) is 70.0 Å². The van der Waals surface area contributed by atoms with Crippen LogP contribution in [0.4, 0.5) is 0 Å². The molecule has 1 aromatic rings. The fourth-order valence-electron chi connectivity index (χ4n) is 7.11. The van der Waals surface area contributed by atoms with Gasteiger partial charge in [-0.1, -0.05) is 130 Å². The molecule has 9 heteroatoms. The molecule has 0 aliphatic carbocycles. The quantitative estimate of drug-likeness (QED) is 0.0523. The van der Waals surface area contributed by atoms with Crippen LogP contribution in [-0.4, -0.2) is 88.7 Å². The number of carbonyl (C=O) groups is 2. The van der Waals surface area contributed by atoms with Crippen molar-refractivity contribution in [1.82, 2.24) is 19.6 Å². The largest absolute Gasteiger partial charge is 0.462 e. The summed E-state index contributed by atoms with van der Waals surface area (Å²) in [5.41, 5.74) is 1.05. The smallest absolute Gasteiger partial charge is 0.307 e. The number of aromatic nitrogens is 2. The van der Waals surface area contributed by atoms with E-state index in [1.165, 1.54) is 103 Å². The summed E-state index contributed by atoms with van der Waals surface area (Å²) in [7, 11) is 1.99. The Morgan fingerprint density at radius 1 is 0.630 bits per heavy atom. The highest BCUT2D eigenvalue weighted by Crippen LogP contribution is 2.19. The first-order chi connectivity index (χ1) is 26.3. The van der Waals surface area contributed by atoms with Gasteiger partial charge in [-0.2, -0.15) is 5.10 Å². The van der Waals surface area contributed by atoms with Gasteiger partial charge in [-0.25, -0.2) is 0 Å². The van der Waals surface area contributed by atoms with Crippen molar-refractivity contribution in [3.63, 3.8) is 0 Å². The summed E-state index contributed by atoms with van der Waals surface area (Å²) < 4.78 is 14.2. The lowest BCUT2D eigenvalue weighted by atomic mass is 10.0. The summed E-state index contributed by atoms with van der Waals surface area (Å²) in [6.07, 6.45) is 32.6. The van der Waals surface area contributed by atoms with Gasteiger partial charge in [0, 0.05) is 44.5 Å². The molecule has 2 atom stereocenters. The van der Waals surface area contributed by atoms with Crippen LogP contribution >= 0.6 is 0 Å². The average Bonchev–Trinajstić information content (AvgIpc) is 3.61. The first-order valence-corrected chi connectivity index (χ1v) is 22.8. The summed E-state index contributed by atoms with van der Waals surface area (Å²) in [6.45, 7) is 12.9. The van der Waals surface area contributed by atoms with Gasteiger partial charge in [0.1, 0.15) is 12.2 Å². The van der Waals surface area contributed by atoms with E-state index in [-0.39, 0.29) is 30.8 Å². The van der Waals surface area contributed by atoms with E-state index in [9.17, 15) is 14.7 Å². The van der Waals surface area contributed by atoms with Crippen molar-refractivity contribution in [3.05, 3.63) is 18.0 Å². The van der Waals surface area contributed by atoms with Gasteiger partial charge in [0.25, 0.3) is 0 Å². The van der Waals surface area contributed by atoms with Gasteiger partial charge in [-0.3, -0.25) is 19.2 Å². The van der Waals surface area contributed by atoms with E-state index in [2.05, 4.69) is 48.8 Å². The molecule has 0 aliphatic rings. The standard InChI is InChI=1S/C45H86N4O5/c1-6-10-14-18-20-24-28-42(26-22-16-12-8-3)53-44(51)30-32-48(39-41-38-46-49(40-41)35-34-47(5)36-37-50)33-31-45(52)54-43(27-23-17-13-9-4)29-25-21-19-15-11-7-2/h38,40,42-43,50H,6-37,39H2,1-5H3. The Morgan fingerprint density at radius 3 is 1.46 bits per heavy atom. The Balaban J connectivity index is 2.87. The maximum Gasteiger partial charge on any atom is 0.307 e. The number of hydrogen-bond donors (Lipinski definition) is 1. The lowest BCUT2D eigenvalue weighted by molar-refractivity contribution is -0.150. The highest BCUT2D eigenvalue weighted by Gasteiger charge is 2.19. The van der Waals surface area contributed by atoms with Gasteiger partial charge in [-0.15, -0.1) is 0 Å². The summed E-state index contributed by atoms with van der Waals surface area (Å²) in [5, 5.41) is 13.8. The minimum absolute atomic E-state index is 0.00735. The summed E-state index contributed by atoms with van der Waals surface area (Å²) in [5.74, 6) is -0.273. The summed E-state index contributed by atoms with van der Waals surface area (Å²) in [6, 6.07) is 0. The van der Waals surface area contributed by atoms with Gasteiger partial charge < -0.3 is 19.5 Å². The van der Waals surface area contributed by atoms with E-state index in [1.807, 2.05) is 17.9 Å². The normalized spacial score (nSPS) is 12.8. The topological polar surface area (TPSA) is 97.1 Å². The molecule has 2 unspecified atom stereocenters. The van der Waals surface area contributed by atoms with Gasteiger partial charge >= 0.3 is 11.9 Å². The highest BCUT2D eigenvalue weighted by atomic mass is 16.5. The lowest BCUT2D eigenvalue weighted by Gasteiger charge is -2.23. The molecule has 1 rings (SSSR count).